The number of benzene rings is 1. The molecule has 1 N–H and O–H groups in total. The van der Waals surface area contributed by atoms with Gasteiger partial charge in [0.25, 0.3) is 0 Å². The number of hydrogen-bond acceptors (Lipinski definition) is 4. The first-order valence-electron chi connectivity index (χ1n) is 7.90. The fourth-order valence-electron chi connectivity index (χ4n) is 2.67. The van der Waals surface area contributed by atoms with Crippen LogP contribution in [0.15, 0.2) is 24.3 Å². The Bertz CT molecular complexity index is 479. The first-order chi connectivity index (χ1) is 10.7. The van der Waals surface area contributed by atoms with E-state index in [9.17, 15) is 4.79 Å². The van der Waals surface area contributed by atoms with Crippen LogP contribution in [0, 0.1) is 0 Å². The van der Waals surface area contributed by atoms with Crippen molar-refractivity contribution >= 4 is 18.3 Å². The van der Waals surface area contributed by atoms with E-state index in [1.165, 1.54) is 0 Å². The molecule has 1 aromatic rings. The number of nitrogens with one attached hydrogen (secondary N) is 1. The highest BCUT2D eigenvalue weighted by Crippen LogP contribution is 2.18. The fraction of sp³-hybridized carbons (Fsp3) is 0.588. The minimum atomic E-state index is 0. The Kier molecular flexibility index (Phi) is 8.99. The maximum Gasteiger partial charge on any atom is 0.224 e. The summed E-state index contributed by atoms with van der Waals surface area (Å²) >= 11 is 0. The number of rotatable bonds is 8. The van der Waals surface area contributed by atoms with Crippen LogP contribution in [0.4, 0.5) is 0 Å². The average Bonchev–Trinajstić information content (AvgIpc) is 3.05. The molecule has 2 rings (SSSR count). The zero-order chi connectivity index (χ0) is 15.8. The molecule has 5 nitrogen and oxygen atoms in total. The highest BCUT2D eigenvalue weighted by atomic mass is 35.5. The van der Waals surface area contributed by atoms with E-state index in [1.54, 1.807) is 7.11 Å². The lowest BCUT2D eigenvalue weighted by Gasteiger charge is -2.26. The van der Waals surface area contributed by atoms with Gasteiger partial charge in [-0.05, 0) is 37.6 Å². The monoisotopic (exact) mass is 342 g/mol. The van der Waals surface area contributed by atoms with E-state index in [4.69, 9.17) is 9.47 Å². The van der Waals surface area contributed by atoms with Crippen LogP contribution in [0.2, 0.25) is 0 Å². The Morgan fingerprint density at radius 2 is 2.30 bits per heavy atom. The molecular formula is C17H27ClN2O3. The average molecular weight is 343 g/mol. The highest BCUT2D eigenvalue weighted by molar-refractivity contribution is 5.85. The van der Waals surface area contributed by atoms with E-state index in [0.717, 1.165) is 30.8 Å². The van der Waals surface area contributed by atoms with Crippen molar-refractivity contribution in [2.75, 3.05) is 33.9 Å². The minimum Gasteiger partial charge on any atom is -0.497 e. The van der Waals surface area contributed by atoms with E-state index in [2.05, 4.69) is 5.32 Å². The van der Waals surface area contributed by atoms with Crippen LogP contribution in [0.5, 0.6) is 5.75 Å². The van der Waals surface area contributed by atoms with Crippen molar-refractivity contribution in [2.45, 2.75) is 31.9 Å². The molecule has 1 aromatic carbocycles. The second-order valence-electron chi connectivity index (χ2n) is 5.61. The van der Waals surface area contributed by atoms with Gasteiger partial charge in [0.1, 0.15) is 5.75 Å². The predicted molar refractivity (Wildman–Crippen MR) is 93.2 cm³/mol. The summed E-state index contributed by atoms with van der Waals surface area (Å²) in [5.74, 6) is 0.977. The van der Waals surface area contributed by atoms with Gasteiger partial charge in [0.2, 0.25) is 5.91 Å². The molecule has 0 radical (unpaired) electrons. The van der Waals surface area contributed by atoms with Gasteiger partial charge in [-0.15, -0.1) is 12.4 Å². The van der Waals surface area contributed by atoms with Gasteiger partial charge >= 0.3 is 0 Å². The Balaban J connectivity index is 0.00000264. The van der Waals surface area contributed by atoms with Crippen molar-refractivity contribution in [1.82, 2.24) is 10.2 Å². The summed E-state index contributed by atoms with van der Waals surface area (Å²) < 4.78 is 10.9. The zero-order valence-corrected chi connectivity index (χ0v) is 14.7. The smallest absolute Gasteiger partial charge is 0.224 e. The number of ether oxygens (including phenoxy) is 2. The second kappa shape index (κ2) is 10.5. The first-order valence-corrected chi connectivity index (χ1v) is 7.90. The molecular weight excluding hydrogens is 316 g/mol. The normalized spacial score (nSPS) is 16.7. The number of nitrogens with zero attached hydrogens (tertiary/aromatic N) is 1. The van der Waals surface area contributed by atoms with Crippen LogP contribution in [-0.2, 0) is 16.1 Å². The summed E-state index contributed by atoms with van der Waals surface area (Å²) in [5.41, 5.74) is 1.08. The Morgan fingerprint density at radius 3 is 2.96 bits per heavy atom. The molecule has 0 aliphatic carbocycles. The molecule has 1 fully saturated rings. The standard InChI is InChI=1S/C17H26N2O3.ClH/c1-18-9-8-17(20)19(13-16-7-4-10-22-16)12-14-5-3-6-15(11-14)21-2;/h3,5-6,11,16,18H,4,7-10,12-13H2,1-2H3;1H. The summed E-state index contributed by atoms with van der Waals surface area (Å²) in [4.78, 5) is 14.4. The molecule has 0 aromatic heterocycles. The topological polar surface area (TPSA) is 50.8 Å². The molecule has 1 unspecified atom stereocenters. The minimum absolute atomic E-state index is 0. The lowest BCUT2D eigenvalue weighted by Crippen LogP contribution is -2.38. The van der Waals surface area contributed by atoms with Crippen LogP contribution in [-0.4, -0.2) is 50.8 Å². The third-order valence-corrected chi connectivity index (χ3v) is 3.90. The number of hydrogen-bond donors (Lipinski definition) is 1. The van der Waals surface area contributed by atoms with Crippen molar-refractivity contribution in [1.29, 1.82) is 0 Å². The van der Waals surface area contributed by atoms with Gasteiger partial charge < -0.3 is 19.7 Å². The molecule has 0 spiro atoms. The highest BCUT2D eigenvalue weighted by Gasteiger charge is 2.22. The molecule has 1 amide bonds. The summed E-state index contributed by atoms with van der Waals surface area (Å²) in [5, 5.41) is 3.03. The summed E-state index contributed by atoms with van der Waals surface area (Å²) in [6.45, 7) is 2.76. The van der Waals surface area contributed by atoms with Gasteiger partial charge in [-0.2, -0.15) is 0 Å². The van der Waals surface area contributed by atoms with E-state index in [-0.39, 0.29) is 24.4 Å². The van der Waals surface area contributed by atoms with Gasteiger partial charge in [0.05, 0.1) is 13.2 Å². The van der Waals surface area contributed by atoms with Gasteiger partial charge in [-0.1, -0.05) is 12.1 Å². The van der Waals surface area contributed by atoms with Gasteiger partial charge in [0.15, 0.2) is 0 Å². The Labute approximate surface area is 144 Å². The van der Waals surface area contributed by atoms with Crippen LogP contribution in [0.25, 0.3) is 0 Å². The largest absolute Gasteiger partial charge is 0.497 e. The molecule has 0 bridgehead atoms. The Morgan fingerprint density at radius 1 is 1.48 bits per heavy atom. The molecule has 1 atom stereocenters. The van der Waals surface area contributed by atoms with Crippen LogP contribution in [0.1, 0.15) is 24.8 Å². The molecule has 1 saturated heterocycles. The molecule has 0 saturated carbocycles. The lowest BCUT2D eigenvalue weighted by atomic mass is 10.1. The van der Waals surface area contributed by atoms with Crippen molar-refractivity contribution in [2.24, 2.45) is 0 Å². The molecule has 1 aliphatic heterocycles. The number of methoxy groups -OCH3 is 1. The maximum absolute atomic E-state index is 12.4. The quantitative estimate of drug-likeness (QED) is 0.787. The SMILES string of the molecule is CNCCC(=O)N(Cc1cccc(OC)c1)CC1CCCO1.Cl. The first kappa shape index (κ1) is 19.7. The molecule has 130 valence electrons. The summed E-state index contributed by atoms with van der Waals surface area (Å²) in [6, 6.07) is 7.87. The van der Waals surface area contributed by atoms with E-state index in [0.29, 0.717) is 26.1 Å². The van der Waals surface area contributed by atoms with Crippen LogP contribution >= 0.6 is 12.4 Å². The van der Waals surface area contributed by atoms with Crippen molar-refractivity contribution in [3.63, 3.8) is 0 Å². The maximum atomic E-state index is 12.4. The second-order valence-corrected chi connectivity index (χ2v) is 5.61. The van der Waals surface area contributed by atoms with Gasteiger partial charge in [-0.3, -0.25) is 4.79 Å². The van der Waals surface area contributed by atoms with Crippen molar-refractivity contribution < 1.29 is 14.3 Å². The number of carbonyl (C=O) groups excluding carboxylic acids is 1. The molecule has 23 heavy (non-hydrogen) atoms. The van der Waals surface area contributed by atoms with Crippen molar-refractivity contribution in [3.8, 4) is 5.75 Å². The third-order valence-electron chi connectivity index (χ3n) is 3.90. The number of carbonyl (C=O) groups is 1. The van der Waals surface area contributed by atoms with Crippen LogP contribution < -0.4 is 10.1 Å². The molecule has 6 heteroatoms. The summed E-state index contributed by atoms with van der Waals surface area (Å²) in [7, 11) is 3.51. The fourth-order valence-corrected chi connectivity index (χ4v) is 2.67. The van der Waals surface area contributed by atoms with E-state index >= 15 is 0 Å². The van der Waals surface area contributed by atoms with Crippen LogP contribution in [0.3, 0.4) is 0 Å². The van der Waals surface area contributed by atoms with Crippen molar-refractivity contribution in [3.05, 3.63) is 29.8 Å². The predicted octanol–water partition coefficient (Wildman–Crippen LogP) is 2.23. The zero-order valence-electron chi connectivity index (χ0n) is 13.9. The lowest BCUT2D eigenvalue weighted by molar-refractivity contribution is -0.133. The van der Waals surface area contributed by atoms with E-state index < -0.39 is 0 Å². The number of halogens is 1. The molecule has 1 aliphatic rings. The Hall–Kier alpha value is -1.30. The van der Waals surface area contributed by atoms with Gasteiger partial charge in [-0.25, -0.2) is 0 Å². The summed E-state index contributed by atoms with van der Waals surface area (Å²) in [6.07, 6.45) is 2.80. The third kappa shape index (κ3) is 6.37. The van der Waals surface area contributed by atoms with E-state index in [1.807, 2.05) is 36.2 Å². The number of amides is 1. The van der Waals surface area contributed by atoms with Gasteiger partial charge in [0, 0.05) is 32.7 Å². The molecule has 1 heterocycles.